The molecule has 1 aromatic rings. The molecule has 1 rings (SSSR count). The molecule has 0 heterocycles. The van der Waals surface area contributed by atoms with Crippen LogP contribution in [0.15, 0.2) is 18.2 Å². The Morgan fingerprint density at radius 1 is 1.33 bits per heavy atom. The largest absolute Gasteiger partial charge is 0.337 e. The number of likely N-dealkylation sites (N-methyl/N-ethyl adjacent to an activating group) is 1. The third kappa shape index (κ3) is 5.03. The number of rotatable bonds is 7. The van der Waals surface area contributed by atoms with Crippen molar-refractivity contribution in [2.75, 3.05) is 31.5 Å². The summed E-state index contributed by atoms with van der Waals surface area (Å²) in [5.41, 5.74) is 0.891. The van der Waals surface area contributed by atoms with Gasteiger partial charge in [-0.15, -0.1) is 0 Å². The summed E-state index contributed by atoms with van der Waals surface area (Å²) >= 11 is 0. The second-order valence-corrected chi connectivity index (χ2v) is 4.61. The Morgan fingerprint density at radius 2 is 2.00 bits per heavy atom. The van der Waals surface area contributed by atoms with Crippen molar-refractivity contribution in [3.8, 4) is 0 Å². The number of nitro groups is 1. The molecule has 0 atom stereocenters. The third-order valence-corrected chi connectivity index (χ3v) is 3.36. The third-order valence-electron chi connectivity index (χ3n) is 3.36. The predicted molar refractivity (Wildman–Crippen MR) is 82.6 cm³/mol. The molecule has 0 fully saturated rings. The Hall–Kier alpha value is -2.15. The fourth-order valence-electron chi connectivity index (χ4n) is 1.99. The lowest BCUT2D eigenvalue weighted by molar-refractivity contribution is -0.385. The first kappa shape index (κ1) is 16.9. The van der Waals surface area contributed by atoms with Crippen molar-refractivity contribution in [2.45, 2.75) is 20.8 Å². The first-order valence-electron chi connectivity index (χ1n) is 7.00. The number of urea groups is 1. The molecule has 0 unspecified atom stereocenters. The minimum atomic E-state index is -0.460. The first-order valence-corrected chi connectivity index (χ1v) is 7.00. The molecule has 7 heteroatoms. The van der Waals surface area contributed by atoms with Gasteiger partial charge >= 0.3 is 6.03 Å². The molecule has 2 amide bonds. The van der Waals surface area contributed by atoms with Crippen LogP contribution in [0.3, 0.4) is 0 Å². The second-order valence-electron chi connectivity index (χ2n) is 4.61. The van der Waals surface area contributed by atoms with Crippen LogP contribution in [0.25, 0.3) is 0 Å². The van der Waals surface area contributed by atoms with Gasteiger partial charge < -0.3 is 15.5 Å². The summed E-state index contributed by atoms with van der Waals surface area (Å²) in [6.07, 6.45) is 0. The lowest BCUT2D eigenvalue weighted by Gasteiger charge is -2.18. The summed E-state index contributed by atoms with van der Waals surface area (Å²) in [7, 11) is 0. The van der Waals surface area contributed by atoms with Crippen LogP contribution in [0.2, 0.25) is 0 Å². The Labute approximate surface area is 124 Å². The maximum Gasteiger partial charge on any atom is 0.319 e. The number of benzene rings is 1. The molecule has 116 valence electrons. The van der Waals surface area contributed by atoms with Crippen molar-refractivity contribution in [1.29, 1.82) is 0 Å². The fourth-order valence-corrected chi connectivity index (χ4v) is 1.99. The van der Waals surface area contributed by atoms with Gasteiger partial charge in [-0.2, -0.15) is 0 Å². The number of nitro benzene ring substituents is 1. The first-order chi connectivity index (χ1) is 9.99. The molecule has 0 aliphatic heterocycles. The van der Waals surface area contributed by atoms with Crippen molar-refractivity contribution in [3.05, 3.63) is 33.9 Å². The molecule has 0 saturated heterocycles. The van der Waals surface area contributed by atoms with Gasteiger partial charge in [-0.25, -0.2) is 4.79 Å². The van der Waals surface area contributed by atoms with E-state index in [1.54, 1.807) is 19.1 Å². The number of hydrogen-bond donors (Lipinski definition) is 2. The lowest BCUT2D eigenvalue weighted by Crippen LogP contribution is -2.37. The molecule has 2 N–H and O–H groups in total. The summed E-state index contributed by atoms with van der Waals surface area (Å²) in [6.45, 7) is 8.92. The van der Waals surface area contributed by atoms with Crippen LogP contribution in [0.4, 0.5) is 16.2 Å². The molecular formula is C14H22N4O3. The van der Waals surface area contributed by atoms with E-state index in [4.69, 9.17) is 0 Å². The van der Waals surface area contributed by atoms with Crippen molar-refractivity contribution < 1.29 is 9.72 Å². The maximum absolute atomic E-state index is 11.8. The fraction of sp³-hybridized carbons (Fsp3) is 0.500. The van der Waals surface area contributed by atoms with Gasteiger partial charge in [0.2, 0.25) is 0 Å². The zero-order chi connectivity index (χ0) is 15.8. The normalized spacial score (nSPS) is 10.5. The van der Waals surface area contributed by atoms with Crippen LogP contribution in [-0.4, -0.2) is 42.0 Å². The minimum Gasteiger partial charge on any atom is -0.337 e. The van der Waals surface area contributed by atoms with Gasteiger partial charge in [0.25, 0.3) is 5.69 Å². The van der Waals surface area contributed by atoms with Gasteiger partial charge in [-0.1, -0.05) is 19.9 Å². The number of carbonyl (C=O) groups is 1. The topological polar surface area (TPSA) is 87.5 Å². The van der Waals surface area contributed by atoms with E-state index < -0.39 is 4.92 Å². The zero-order valence-corrected chi connectivity index (χ0v) is 12.7. The number of anilines is 1. The second kappa shape index (κ2) is 8.21. The van der Waals surface area contributed by atoms with Crippen molar-refractivity contribution in [1.82, 2.24) is 10.2 Å². The van der Waals surface area contributed by atoms with Crippen LogP contribution in [0.5, 0.6) is 0 Å². The molecule has 0 radical (unpaired) electrons. The van der Waals surface area contributed by atoms with E-state index in [0.717, 1.165) is 19.6 Å². The smallest absolute Gasteiger partial charge is 0.319 e. The summed E-state index contributed by atoms with van der Waals surface area (Å²) in [4.78, 5) is 24.4. The average molecular weight is 294 g/mol. The van der Waals surface area contributed by atoms with E-state index in [1.165, 1.54) is 6.07 Å². The van der Waals surface area contributed by atoms with E-state index in [2.05, 4.69) is 29.4 Å². The Bertz CT molecular complexity index is 501. The van der Waals surface area contributed by atoms with E-state index >= 15 is 0 Å². The molecule has 21 heavy (non-hydrogen) atoms. The van der Waals surface area contributed by atoms with Crippen LogP contribution >= 0.6 is 0 Å². The highest BCUT2D eigenvalue weighted by Crippen LogP contribution is 2.24. The van der Waals surface area contributed by atoms with Gasteiger partial charge in [0.05, 0.1) is 16.2 Å². The molecule has 0 aromatic heterocycles. The van der Waals surface area contributed by atoms with Crippen LogP contribution < -0.4 is 10.6 Å². The molecule has 0 aliphatic rings. The van der Waals surface area contributed by atoms with Crippen molar-refractivity contribution in [2.24, 2.45) is 0 Å². The Balaban J connectivity index is 2.56. The van der Waals surface area contributed by atoms with Gasteiger partial charge in [-0.3, -0.25) is 10.1 Å². The standard InChI is InChI=1S/C14H22N4O3/c1-4-17(5-2)10-9-15-14(19)16-12-7-6-8-13(11(12)3)18(20)21/h6-8H,4-5,9-10H2,1-3H3,(H2,15,16,19). The Kier molecular flexibility index (Phi) is 6.61. The van der Waals surface area contributed by atoms with Gasteiger partial charge in [-0.05, 0) is 26.1 Å². The molecule has 0 saturated carbocycles. The summed E-state index contributed by atoms with van der Waals surface area (Å²) in [5, 5.41) is 16.2. The quantitative estimate of drug-likeness (QED) is 0.597. The molecule has 0 aliphatic carbocycles. The number of carbonyl (C=O) groups excluding carboxylic acids is 1. The molecular weight excluding hydrogens is 272 g/mol. The van der Waals surface area contributed by atoms with Crippen molar-refractivity contribution >= 4 is 17.4 Å². The monoisotopic (exact) mass is 294 g/mol. The summed E-state index contributed by atoms with van der Waals surface area (Å²) in [6, 6.07) is 4.26. The molecule has 0 bridgehead atoms. The number of amides is 2. The molecule has 0 spiro atoms. The van der Waals surface area contributed by atoms with E-state index in [9.17, 15) is 14.9 Å². The van der Waals surface area contributed by atoms with Gasteiger partial charge in [0.15, 0.2) is 0 Å². The molecule has 7 nitrogen and oxygen atoms in total. The maximum atomic E-state index is 11.8. The van der Waals surface area contributed by atoms with Crippen LogP contribution in [0.1, 0.15) is 19.4 Å². The van der Waals surface area contributed by atoms with Crippen LogP contribution in [-0.2, 0) is 0 Å². The van der Waals surface area contributed by atoms with E-state index in [-0.39, 0.29) is 11.7 Å². The summed E-state index contributed by atoms with van der Waals surface area (Å²) in [5.74, 6) is 0. The number of nitrogens with zero attached hydrogens (tertiary/aromatic N) is 2. The van der Waals surface area contributed by atoms with Crippen LogP contribution in [0, 0.1) is 17.0 Å². The van der Waals surface area contributed by atoms with Gasteiger partial charge in [0.1, 0.15) is 0 Å². The molecule has 1 aromatic carbocycles. The number of hydrogen-bond acceptors (Lipinski definition) is 4. The van der Waals surface area contributed by atoms with E-state index in [1.807, 2.05) is 0 Å². The van der Waals surface area contributed by atoms with E-state index in [0.29, 0.717) is 17.8 Å². The SMILES string of the molecule is CCN(CC)CCNC(=O)Nc1cccc([N+](=O)[O-])c1C. The average Bonchev–Trinajstić information content (AvgIpc) is 2.45. The lowest BCUT2D eigenvalue weighted by atomic mass is 10.1. The minimum absolute atomic E-state index is 0.00376. The zero-order valence-electron chi connectivity index (χ0n) is 12.7. The highest BCUT2D eigenvalue weighted by atomic mass is 16.6. The highest BCUT2D eigenvalue weighted by molar-refractivity contribution is 5.90. The number of nitrogens with one attached hydrogen (secondary N) is 2. The Morgan fingerprint density at radius 3 is 2.57 bits per heavy atom. The van der Waals surface area contributed by atoms with Gasteiger partial charge in [0, 0.05) is 19.2 Å². The predicted octanol–water partition coefficient (Wildman–Crippen LogP) is 2.37. The van der Waals surface area contributed by atoms with Crippen molar-refractivity contribution in [3.63, 3.8) is 0 Å². The summed E-state index contributed by atoms with van der Waals surface area (Å²) < 4.78 is 0. The highest BCUT2D eigenvalue weighted by Gasteiger charge is 2.14.